The second-order valence-corrected chi connectivity index (χ2v) is 11.7. The fourth-order valence-corrected chi connectivity index (χ4v) is 6.43. The Morgan fingerprint density at radius 1 is 1.16 bits per heavy atom. The molecule has 1 aliphatic carbocycles. The lowest BCUT2D eigenvalue weighted by atomic mass is 9.89. The summed E-state index contributed by atoms with van der Waals surface area (Å²) in [5, 5.41) is 3.74. The lowest BCUT2D eigenvalue weighted by molar-refractivity contribution is -0.125. The SMILES string of the molecule is COCC(=O)N[C@H](C1=Cc2cccnc2[C@@H](N2CCN(C(=O)OC3CCOCC3)CC2)c2ccc(Cl)cc21)c1cncn1C. The second kappa shape index (κ2) is 13.5. The van der Waals surface area contributed by atoms with Crippen LogP contribution in [0.25, 0.3) is 11.6 Å². The molecule has 2 saturated heterocycles. The van der Waals surface area contributed by atoms with Crippen molar-refractivity contribution in [2.45, 2.75) is 31.0 Å². The summed E-state index contributed by atoms with van der Waals surface area (Å²) in [5.41, 5.74) is 5.44. The number of ether oxygens (including phenoxy) is 3. The van der Waals surface area contributed by atoms with Crippen LogP contribution in [0.15, 0.2) is 49.1 Å². The Balaban J connectivity index is 1.35. The number of piperazine rings is 1. The van der Waals surface area contributed by atoms with Gasteiger partial charge in [0, 0.05) is 64.4 Å². The molecule has 6 rings (SSSR count). The summed E-state index contributed by atoms with van der Waals surface area (Å²) in [6.45, 7) is 3.51. The molecule has 3 aromatic rings. The van der Waals surface area contributed by atoms with Crippen LogP contribution in [0.1, 0.15) is 53.0 Å². The van der Waals surface area contributed by atoms with Gasteiger partial charge in [0.2, 0.25) is 5.91 Å². The van der Waals surface area contributed by atoms with Gasteiger partial charge < -0.3 is 29.0 Å². The van der Waals surface area contributed by atoms with Crippen molar-refractivity contribution in [2.75, 3.05) is 53.1 Å². The molecule has 2 aliphatic heterocycles. The van der Waals surface area contributed by atoms with Crippen LogP contribution in [-0.4, -0.2) is 95.5 Å². The highest BCUT2D eigenvalue weighted by molar-refractivity contribution is 6.30. The van der Waals surface area contributed by atoms with E-state index < -0.39 is 6.04 Å². The summed E-state index contributed by atoms with van der Waals surface area (Å²) < 4.78 is 18.2. The minimum atomic E-state index is -0.536. The maximum Gasteiger partial charge on any atom is 0.410 e. The standard InChI is InChI=1S/C32H37ClN6O5/c1-37-20-34-18-27(37)30(36-28(40)19-42-2)26-16-21-4-3-9-35-29(21)31(24-6-5-22(33)17-25(24)26)38-10-12-39(13-11-38)32(41)44-23-7-14-43-15-8-23/h3-6,9,16-18,20,23,30-31H,7-8,10-15,19H2,1-2H3,(H,36,40)/t30-,31+/m1/s1. The van der Waals surface area contributed by atoms with Crippen LogP contribution in [0.2, 0.25) is 5.02 Å². The van der Waals surface area contributed by atoms with Gasteiger partial charge in [-0.3, -0.25) is 14.7 Å². The molecule has 2 atom stereocenters. The van der Waals surface area contributed by atoms with Crippen molar-refractivity contribution in [3.63, 3.8) is 0 Å². The number of fused-ring (bicyclic) bond motifs is 2. The van der Waals surface area contributed by atoms with E-state index in [1.54, 1.807) is 23.6 Å². The highest BCUT2D eigenvalue weighted by Crippen LogP contribution is 2.44. The molecule has 2 fully saturated rings. The topological polar surface area (TPSA) is 111 Å². The highest BCUT2D eigenvalue weighted by Gasteiger charge is 2.36. The maximum atomic E-state index is 13.0. The van der Waals surface area contributed by atoms with E-state index in [0.29, 0.717) is 44.4 Å². The molecule has 12 heteroatoms. The number of carbonyl (C=O) groups excluding carboxylic acids is 2. The fourth-order valence-electron chi connectivity index (χ4n) is 6.26. The third-order valence-corrected chi connectivity index (χ3v) is 8.71. The van der Waals surface area contributed by atoms with Gasteiger partial charge in [0.1, 0.15) is 12.7 Å². The Morgan fingerprint density at radius 2 is 1.95 bits per heavy atom. The summed E-state index contributed by atoms with van der Waals surface area (Å²) in [4.78, 5) is 39.3. The summed E-state index contributed by atoms with van der Waals surface area (Å²) in [5.74, 6) is -0.251. The Bertz CT molecular complexity index is 1530. The predicted octanol–water partition coefficient (Wildman–Crippen LogP) is 3.85. The van der Waals surface area contributed by atoms with Gasteiger partial charge in [0.25, 0.3) is 0 Å². The van der Waals surface area contributed by atoms with Crippen molar-refractivity contribution >= 4 is 35.3 Å². The van der Waals surface area contributed by atoms with Crippen LogP contribution in [0.4, 0.5) is 4.79 Å². The summed E-state index contributed by atoms with van der Waals surface area (Å²) in [6, 6.07) is 9.11. The van der Waals surface area contributed by atoms with Crippen molar-refractivity contribution in [2.24, 2.45) is 7.05 Å². The molecule has 44 heavy (non-hydrogen) atoms. The zero-order chi connectivity index (χ0) is 30.6. The minimum absolute atomic E-state index is 0.0773. The number of hydrogen-bond acceptors (Lipinski definition) is 8. The Morgan fingerprint density at radius 3 is 2.68 bits per heavy atom. The number of pyridine rings is 1. The number of imidazole rings is 1. The summed E-state index contributed by atoms with van der Waals surface area (Å²) in [6.07, 6.45) is 8.47. The lowest BCUT2D eigenvalue weighted by Crippen LogP contribution is -2.51. The Hall–Kier alpha value is -3.77. The fraction of sp³-hybridized carbons (Fsp3) is 0.438. The van der Waals surface area contributed by atoms with E-state index in [9.17, 15) is 9.59 Å². The van der Waals surface area contributed by atoms with E-state index in [-0.39, 0.29) is 30.8 Å². The number of halogens is 1. The van der Waals surface area contributed by atoms with Crippen LogP contribution < -0.4 is 5.32 Å². The molecule has 3 aliphatic rings. The predicted molar refractivity (Wildman–Crippen MR) is 165 cm³/mol. The molecule has 1 N–H and O–H groups in total. The molecule has 0 bridgehead atoms. The Labute approximate surface area is 261 Å². The van der Waals surface area contributed by atoms with Gasteiger partial charge in [-0.25, -0.2) is 9.78 Å². The lowest BCUT2D eigenvalue weighted by Gasteiger charge is -2.40. The first kappa shape index (κ1) is 30.3. The smallest absolute Gasteiger partial charge is 0.410 e. The number of methoxy groups -OCH3 is 1. The molecule has 11 nitrogen and oxygen atoms in total. The number of aromatic nitrogens is 3. The second-order valence-electron chi connectivity index (χ2n) is 11.3. The van der Waals surface area contributed by atoms with E-state index in [2.05, 4.69) is 21.3 Å². The first-order chi connectivity index (χ1) is 21.4. The molecule has 1 aromatic carbocycles. The number of aryl methyl sites for hydroxylation is 1. The van der Waals surface area contributed by atoms with Crippen molar-refractivity contribution in [1.29, 1.82) is 0 Å². The molecule has 2 aromatic heterocycles. The van der Waals surface area contributed by atoms with Gasteiger partial charge in [0.05, 0.1) is 49.2 Å². The van der Waals surface area contributed by atoms with Gasteiger partial charge >= 0.3 is 6.09 Å². The van der Waals surface area contributed by atoms with Gasteiger partial charge in [-0.2, -0.15) is 0 Å². The highest BCUT2D eigenvalue weighted by atomic mass is 35.5. The van der Waals surface area contributed by atoms with Gasteiger partial charge in [-0.1, -0.05) is 23.7 Å². The van der Waals surface area contributed by atoms with Crippen molar-refractivity contribution in [3.8, 4) is 0 Å². The average molecular weight is 621 g/mol. The van der Waals surface area contributed by atoms with E-state index >= 15 is 0 Å². The van der Waals surface area contributed by atoms with E-state index in [0.717, 1.165) is 46.5 Å². The molecular formula is C32H37ClN6O5. The third kappa shape index (κ3) is 6.37. The Kier molecular flexibility index (Phi) is 9.27. The number of rotatable bonds is 7. The van der Waals surface area contributed by atoms with Gasteiger partial charge in [-0.15, -0.1) is 0 Å². The number of nitrogens with one attached hydrogen (secondary N) is 1. The van der Waals surface area contributed by atoms with Crippen molar-refractivity contribution in [1.82, 2.24) is 29.7 Å². The first-order valence-electron chi connectivity index (χ1n) is 14.9. The van der Waals surface area contributed by atoms with E-state index in [1.807, 2.05) is 41.9 Å². The summed E-state index contributed by atoms with van der Waals surface area (Å²) >= 11 is 6.64. The average Bonchev–Trinajstić information content (AvgIpc) is 3.40. The normalized spacial score (nSPS) is 19.8. The molecule has 0 unspecified atom stereocenters. The van der Waals surface area contributed by atoms with Crippen LogP contribution in [0, 0.1) is 0 Å². The quantitative estimate of drug-likeness (QED) is 0.424. The number of amides is 2. The number of carbonyl (C=O) groups is 2. The van der Waals surface area contributed by atoms with Crippen molar-refractivity contribution < 1.29 is 23.8 Å². The van der Waals surface area contributed by atoms with Crippen LogP contribution in [-0.2, 0) is 26.1 Å². The van der Waals surface area contributed by atoms with Gasteiger partial charge in [0.15, 0.2) is 0 Å². The number of benzene rings is 1. The summed E-state index contributed by atoms with van der Waals surface area (Å²) in [7, 11) is 3.40. The molecule has 0 saturated carbocycles. The molecular weight excluding hydrogens is 584 g/mol. The largest absolute Gasteiger partial charge is 0.446 e. The molecule has 0 spiro atoms. The zero-order valence-electron chi connectivity index (χ0n) is 24.9. The number of nitrogens with zero attached hydrogens (tertiary/aromatic N) is 5. The van der Waals surface area contributed by atoms with Crippen molar-refractivity contribution in [3.05, 3.63) is 82.2 Å². The van der Waals surface area contributed by atoms with Crippen LogP contribution in [0.5, 0.6) is 0 Å². The van der Waals surface area contributed by atoms with Crippen LogP contribution in [0.3, 0.4) is 0 Å². The maximum absolute atomic E-state index is 13.0. The van der Waals surface area contributed by atoms with E-state index in [1.165, 1.54) is 7.11 Å². The molecule has 4 heterocycles. The molecule has 2 amide bonds. The zero-order valence-corrected chi connectivity index (χ0v) is 25.7. The molecule has 0 radical (unpaired) electrons. The third-order valence-electron chi connectivity index (χ3n) is 8.48. The first-order valence-corrected chi connectivity index (χ1v) is 15.3. The molecule has 232 valence electrons. The number of hydrogen-bond donors (Lipinski definition) is 1. The minimum Gasteiger partial charge on any atom is -0.446 e. The monoisotopic (exact) mass is 620 g/mol. The van der Waals surface area contributed by atoms with Gasteiger partial charge in [-0.05, 0) is 46.5 Å². The van der Waals surface area contributed by atoms with E-state index in [4.69, 9.17) is 30.8 Å². The van der Waals surface area contributed by atoms with Crippen LogP contribution >= 0.6 is 11.6 Å².